The van der Waals surface area contributed by atoms with Crippen LogP contribution in [0.1, 0.15) is 0 Å². The molecule has 0 fully saturated rings. The zero-order chi connectivity index (χ0) is 18.9. The lowest BCUT2D eigenvalue weighted by molar-refractivity contribution is 0.567. The van der Waals surface area contributed by atoms with Crippen LogP contribution in [-0.4, -0.2) is 33.3 Å². The maximum Gasteiger partial charge on any atom is 0.264 e. The molecule has 1 heterocycles. The fourth-order valence-electron chi connectivity index (χ4n) is 2.11. The molecule has 2 aromatic carbocycles. The third-order valence-electron chi connectivity index (χ3n) is 3.36. The minimum atomic E-state index is -4.31. The first kappa shape index (κ1) is 18.4. The second-order valence-corrected chi connectivity index (χ2v) is 9.79. The number of hydrogen-bond acceptors (Lipinski definition) is 7. The van der Waals surface area contributed by atoms with Gasteiger partial charge in [-0.2, -0.15) is 0 Å². The molecule has 7 nitrogen and oxygen atoms in total. The third kappa shape index (κ3) is 3.89. The number of sulfonamides is 1. The molecule has 0 amide bonds. The van der Waals surface area contributed by atoms with Crippen LogP contribution in [0.25, 0.3) is 10.6 Å². The zero-order valence-corrected chi connectivity index (χ0v) is 15.7. The van der Waals surface area contributed by atoms with Crippen molar-refractivity contribution >= 4 is 36.9 Å². The van der Waals surface area contributed by atoms with E-state index in [0.717, 1.165) is 30.0 Å². The summed E-state index contributed by atoms with van der Waals surface area (Å²) in [5.41, 5.74) is 2.52. The highest BCUT2D eigenvalue weighted by atomic mass is 32.2. The van der Waals surface area contributed by atoms with E-state index in [9.17, 15) is 21.2 Å². The van der Waals surface area contributed by atoms with Crippen molar-refractivity contribution in [2.75, 3.05) is 11.0 Å². The largest absolute Gasteiger partial charge is 0.280 e. The van der Waals surface area contributed by atoms with Crippen LogP contribution in [0, 0.1) is 5.82 Å². The van der Waals surface area contributed by atoms with Crippen LogP contribution in [0.5, 0.6) is 0 Å². The van der Waals surface area contributed by atoms with Gasteiger partial charge in [0.05, 0.1) is 4.90 Å². The fourth-order valence-corrected chi connectivity index (χ4v) is 4.56. The SMILES string of the molecule is CS(=O)(=O)c1ccc(F)c(S(=O)(=O)Nc2ccc(-c3nncs3)cc2)c1. The molecular formula is C15H12FN3O4S3. The Bertz CT molecular complexity index is 1140. The maximum atomic E-state index is 14.0. The van der Waals surface area contributed by atoms with E-state index in [0.29, 0.717) is 5.01 Å². The molecule has 1 N–H and O–H groups in total. The number of benzene rings is 2. The van der Waals surface area contributed by atoms with Crippen LogP contribution in [0.15, 0.2) is 57.8 Å². The number of aromatic nitrogens is 2. The molecule has 0 unspecified atom stereocenters. The number of rotatable bonds is 5. The molecular weight excluding hydrogens is 401 g/mol. The van der Waals surface area contributed by atoms with Gasteiger partial charge in [-0.1, -0.05) is 11.3 Å². The van der Waals surface area contributed by atoms with Gasteiger partial charge in [-0.25, -0.2) is 21.2 Å². The van der Waals surface area contributed by atoms with Crippen molar-refractivity contribution in [3.8, 4) is 10.6 Å². The summed E-state index contributed by atoms with van der Waals surface area (Å²) in [6.45, 7) is 0. The number of hydrogen-bond donors (Lipinski definition) is 1. The van der Waals surface area contributed by atoms with Crippen LogP contribution in [-0.2, 0) is 19.9 Å². The molecule has 0 aliphatic heterocycles. The van der Waals surface area contributed by atoms with Crippen molar-refractivity contribution in [2.24, 2.45) is 0 Å². The van der Waals surface area contributed by atoms with Crippen LogP contribution in [0.2, 0.25) is 0 Å². The van der Waals surface area contributed by atoms with E-state index in [1.807, 2.05) is 0 Å². The monoisotopic (exact) mass is 413 g/mol. The van der Waals surface area contributed by atoms with Crippen molar-refractivity contribution in [2.45, 2.75) is 9.79 Å². The molecule has 0 saturated carbocycles. The molecule has 0 atom stereocenters. The smallest absolute Gasteiger partial charge is 0.264 e. The van der Waals surface area contributed by atoms with E-state index in [1.54, 1.807) is 17.6 Å². The molecule has 3 aromatic rings. The summed E-state index contributed by atoms with van der Waals surface area (Å²) in [6, 6.07) is 8.88. The fraction of sp³-hybridized carbons (Fsp3) is 0.0667. The Morgan fingerprint density at radius 1 is 1.04 bits per heavy atom. The minimum absolute atomic E-state index is 0.197. The average Bonchev–Trinajstić information content (AvgIpc) is 3.09. The van der Waals surface area contributed by atoms with E-state index in [4.69, 9.17) is 0 Å². The third-order valence-corrected chi connectivity index (χ3v) is 6.61. The Morgan fingerprint density at radius 3 is 2.31 bits per heavy atom. The highest BCUT2D eigenvalue weighted by Crippen LogP contribution is 2.25. The first-order valence-corrected chi connectivity index (χ1v) is 11.3. The van der Waals surface area contributed by atoms with E-state index in [-0.39, 0.29) is 10.6 Å². The number of anilines is 1. The summed E-state index contributed by atoms with van der Waals surface area (Å²) in [5.74, 6) is -1.05. The molecule has 26 heavy (non-hydrogen) atoms. The van der Waals surface area contributed by atoms with Gasteiger partial charge in [0.2, 0.25) is 0 Å². The molecule has 0 radical (unpaired) electrons. The van der Waals surface area contributed by atoms with Crippen LogP contribution >= 0.6 is 11.3 Å². The molecule has 136 valence electrons. The molecule has 11 heteroatoms. The number of nitrogens with zero attached hydrogens (tertiary/aromatic N) is 2. The van der Waals surface area contributed by atoms with Crippen molar-refractivity contribution < 1.29 is 21.2 Å². The summed E-state index contributed by atoms with van der Waals surface area (Å²) in [7, 11) is -7.98. The Labute approximate surface area is 153 Å². The number of sulfone groups is 1. The summed E-state index contributed by atoms with van der Waals surface area (Å²) in [5, 5.41) is 8.30. The van der Waals surface area contributed by atoms with Crippen LogP contribution in [0.4, 0.5) is 10.1 Å². The standard InChI is InChI=1S/C15H12FN3O4S3/c1-25(20,21)12-6-7-13(16)14(8-12)26(22,23)19-11-4-2-10(3-5-11)15-18-17-9-24-15/h2-9,19H,1H3. The first-order chi connectivity index (χ1) is 12.2. The first-order valence-electron chi connectivity index (χ1n) is 7.06. The molecule has 1 aromatic heterocycles. The molecule has 0 bridgehead atoms. The van der Waals surface area contributed by atoms with Crippen molar-refractivity contribution in [3.63, 3.8) is 0 Å². The topological polar surface area (TPSA) is 106 Å². The Hall–Kier alpha value is -2.37. The number of halogens is 1. The Morgan fingerprint density at radius 2 is 1.73 bits per heavy atom. The second-order valence-electron chi connectivity index (χ2n) is 5.29. The van der Waals surface area contributed by atoms with Gasteiger partial charge in [-0.3, -0.25) is 4.72 Å². The minimum Gasteiger partial charge on any atom is -0.280 e. The molecule has 3 rings (SSSR count). The Balaban J connectivity index is 1.92. The molecule has 0 spiro atoms. The normalized spacial score (nSPS) is 12.1. The van der Waals surface area contributed by atoms with E-state index in [2.05, 4.69) is 14.9 Å². The van der Waals surface area contributed by atoms with Crippen molar-refractivity contribution in [1.82, 2.24) is 10.2 Å². The summed E-state index contributed by atoms with van der Waals surface area (Å²) in [4.78, 5) is -1.03. The Kier molecular flexibility index (Phi) is 4.78. The van der Waals surface area contributed by atoms with E-state index in [1.165, 1.54) is 23.5 Å². The van der Waals surface area contributed by atoms with E-state index < -0.39 is 30.6 Å². The molecule has 0 aliphatic carbocycles. The van der Waals surface area contributed by atoms with Gasteiger partial charge in [0.25, 0.3) is 10.0 Å². The second kappa shape index (κ2) is 6.74. The molecule has 0 saturated heterocycles. The maximum absolute atomic E-state index is 14.0. The van der Waals surface area contributed by atoms with Gasteiger partial charge >= 0.3 is 0 Å². The van der Waals surface area contributed by atoms with Gasteiger partial charge in [0.1, 0.15) is 21.2 Å². The summed E-state index contributed by atoms with van der Waals surface area (Å²) < 4.78 is 64.3. The average molecular weight is 413 g/mol. The lowest BCUT2D eigenvalue weighted by Crippen LogP contribution is -2.15. The highest BCUT2D eigenvalue weighted by Gasteiger charge is 2.22. The van der Waals surface area contributed by atoms with Gasteiger partial charge in [-0.15, -0.1) is 10.2 Å². The van der Waals surface area contributed by atoms with Gasteiger partial charge in [0, 0.05) is 17.5 Å². The predicted octanol–water partition coefficient (Wildman–Crippen LogP) is 2.55. The van der Waals surface area contributed by atoms with Gasteiger partial charge < -0.3 is 0 Å². The quantitative estimate of drug-likeness (QED) is 0.645. The highest BCUT2D eigenvalue weighted by molar-refractivity contribution is 7.93. The zero-order valence-electron chi connectivity index (χ0n) is 13.2. The lowest BCUT2D eigenvalue weighted by atomic mass is 10.2. The predicted molar refractivity (Wildman–Crippen MR) is 95.7 cm³/mol. The van der Waals surface area contributed by atoms with Gasteiger partial charge in [0.15, 0.2) is 9.84 Å². The van der Waals surface area contributed by atoms with E-state index >= 15 is 0 Å². The summed E-state index contributed by atoms with van der Waals surface area (Å²) in [6.07, 6.45) is 0.913. The number of nitrogens with one attached hydrogen (secondary N) is 1. The van der Waals surface area contributed by atoms with Gasteiger partial charge in [-0.05, 0) is 42.5 Å². The summed E-state index contributed by atoms with van der Waals surface area (Å²) >= 11 is 1.33. The van der Waals surface area contributed by atoms with Crippen molar-refractivity contribution in [3.05, 3.63) is 53.8 Å². The molecule has 0 aliphatic rings. The van der Waals surface area contributed by atoms with Crippen LogP contribution < -0.4 is 4.72 Å². The van der Waals surface area contributed by atoms with Crippen LogP contribution in [0.3, 0.4) is 0 Å². The lowest BCUT2D eigenvalue weighted by Gasteiger charge is -2.10. The van der Waals surface area contributed by atoms with Crippen molar-refractivity contribution in [1.29, 1.82) is 0 Å².